The Bertz CT molecular complexity index is 3220. The molecular formula is C78H126N4O19Si3. The number of benzene rings is 3. The standard InChI is InChI=1S/C78H126N4O19Si3/c1-24-54-63(96-70-59(81-74(87)90-46-51-37-31-27-32-38-51)65(100-103(20,21)77(11,12)13)64(55(25-2)91-70)99-102(18,19)76(8,9)10)67(101-104(22,23)78(14,15)16)71(92-54)97-66-60(84)53(44-57(83)82(17)42-41-79-72(85)98-75(5,6)7)43-48(3)61(66)94-69-58(80-73(86)89-45-50-35-29-26-30-36-50)49(4)62-56(93-69)47-88-68(95-62)52-39-33-28-34-40-52/h26-40,48-49,53-56,58-71,84H,24-25,41-47H2,1-23H3,(H,79,85)(H,80,86)(H,81,87)/t48-,49+,53-,54+,55-,56+,58+,59+,60-,61+,62-,63+,64+,65+,66+,67+,68?,69+,70+,71?/m0/s1. The SMILES string of the molecule is CC[C@@H]1O[C@H](O[C@@H]2[C@@H](CC)OC(O[C@@H]3[C@@H](O)[C@H](CC(=O)N(C)CCNC(=O)OC(C)(C)C)C[C@H](C)[C@H]3O[C@H]3O[C@@H]4COC(c5ccccc5)O[C@H]4[C@H](C)[C@H]3NC(=O)OCc3ccccc3)[C@@H]2O[Si](C)(C)C(C)(C)C)[C@H](NC(=O)OCc2ccccc2)[C@@H](O[Si](C)(C)C(C)(C)C)[C@@H]1O[Si](C)(C)C(C)(C)C. The van der Waals surface area contributed by atoms with E-state index in [1.807, 2.05) is 112 Å². The van der Waals surface area contributed by atoms with E-state index in [2.05, 4.69) is 124 Å². The highest BCUT2D eigenvalue weighted by Gasteiger charge is 2.60. The van der Waals surface area contributed by atoms with Crippen molar-refractivity contribution in [2.45, 2.75) is 314 Å². The lowest BCUT2D eigenvalue weighted by molar-refractivity contribution is -0.353. The lowest BCUT2D eigenvalue weighted by Crippen LogP contribution is -2.70. The normalized spacial score (nSPS) is 30.9. The number of ether oxygens (including phenoxy) is 11. The van der Waals surface area contributed by atoms with Crippen LogP contribution in [0.25, 0.3) is 0 Å². The van der Waals surface area contributed by atoms with E-state index in [0.717, 1.165) is 16.7 Å². The summed E-state index contributed by atoms with van der Waals surface area (Å²) in [4.78, 5) is 57.7. The minimum atomic E-state index is -2.90. The van der Waals surface area contributed by atoms with Crippen LogP contribution in [0.5, 0.6) is 0 Å². The van der Waals surface area contributed by atoms with E-state index in [1.165, 1.54) is 4.90 Å². The lowest BCUT2D eigenvalue weighted by atomic mass is 9.74. The fourth-order valence-electron chi connectivity index (χ4n) is 13.2. The van der Waals surface area contributed by atoms with Gasteiger partial charge >= 0.3 is 18.3 Å². The molecule has 4 heterocycles. The third kappa shape index (κ3) is 21.7. The number of hydrogen-bond acceptors (Lipinski definition) is 19. The predicted molar refractivity (Wildman–Crippen MR) is 403 cm³/mol. The summed E-state index contributed by atoms with van der Waals surface area (Å²) >= 11 is 0. The van der Waals surface area contributed by atoms with Crippen LogP contribution in [-0.2, 0) is 83.4 Å². The molecule has 20 atom stereocenters. The summed E-state index contributed by atoms with van der Waals surface area (Å²) in [5, 5.41) is 21.6. The molecule has 4 N–H and O–H groups in total. The maximum absolute atomic E-state index is 14.7. The molecule has 584 valence electrons. The summed E-state index contributed by atoms with van der Waals surface area (Å²) in [6.07, 6.45) is -15.1. The molecule has 1 saturated carbocycles. The van der Waals surface area contributed by atoms with Gasteiger partial charge in [-0.1, -0.05) is 181 Å². The molecule has 4 saturated heterocycles. The highest BCUT2D eigenvalue weighted by molar-refractivity contribution is 6.75. The Labute approximate surface area is 622 Å². The van der Waals surface area contributed by atoms with Crippen molar-refractivity contribution < 1.29 is 89.7 Å². The molecule has 3 aromatic carbocycles. The van der Waals surface area contributed by atoms with Gasteiger partial charge in [-0.3, -0.25) is 4.79 Å². The number of carbonyl (C=O) groups is 4. The molecule has 0 aromatic heterocycles. The maximum atomic E-state index is 14.7. The zero-order valence-electron chi connectivity index (χ0n) is 66.3. The van der Waals surface area contributed by atoms with Crippen molar-refractivity contribution in [2.24, 2.45) is 17.8 Å². The highest BCUT2D eigenvalue weighted by atomic mass is 28.4. The Balaban J connectivity index is 1.20. The second-order valence-corrected chi connectivity index (χ2v) is 49.0. The first-order chi connectivity index (χ1) is 48.5. The molecule has 3 aromatic rings. The average Bonchev–Trinajstić information content (AvgIpc) is 0.958. The topological polar surface area (TPSA) is 257 Å². The van der Waals surface area contributed by atoms with Crippen LogP contribution in [0, 0.1) is 17.8 Å². The fourth-order valence-corrected chi connectivity index (χ4v) is 17.1. The number of aliphatic hydroxyl groups excluding tert-OH is 1. The zero-order valence-corrected chi connectivity index (χ0v) is 69.3. The monoisotopic (exact) mass is 1510 g/mol. The molecule has 2 unspecified atom stereocenters. The van der Waals surface area contributed by atoms with Crippen molar-refractivity contribution in [3.63, 3.8) is 0 Å². The number of hydrogen-bond donors (Lipinski definition) is 4. The summed E-state index contributed by atoms with van der Waals surface area (Å²) in [7, 11) is -6.61. The minimum Gasteiger partial charge on any atom is -0.445 e. The van der Waals surface area contributed by atoms with Gasteiger partial charge in [0.25, 0.3) is 0 Å². The number of aliphatic hydroxyl groups is 1. The molecule has 104 heavy (non-hydrogen) atoms. The second-order valence-electron chi connectivity index (χ2n) is 34.7. The molecule has 0 bridgehead atoms. The van der Waals surface area contributed by atoms with Crippen molar-refractivity contribution in [3.8, 4) is 0 Å². The third-order valence-electron chi connectivity index (χ3n) is 22.5. The Morgan fingerprint density at radius 2 is 1.02 bits per heavy atom. The van der Waals surface area contributed by atoms with Crippen LogP contribution in [0.1, 0.15) is 159 Å². The number of amides is 4. The van der Waals surface area contributed by atoms with Crippen LogP contribution >= 0.6 is 0 Å². The number of fused-ring (bicyclic) bond motifs is 1. The Morgan fingerprint density at radius 1 is 0.558 bits per heavy atom. The van der Waals surface area contributed by atoms with Crippen molar-refractivity contribution >= 4 is 49.1 Å². The molecule has 5 aliphatic rings. The van der Waals surface area contributed by atoms with Crippen LogP contribution in [0.4, 0.5) is 14.4 Å². The number of nitrogens with one attached hydrogen (secondary N) is 3. The van der Waals surface area contributed by atoms with Crippen LogP contribution in [0.3, 0.4) is 0 Å². The summed E-state index contributed by atoms with van der Waals surface area (Å²) in [5.41, 5.74) is 1.69. The predicted octanol–water partition coefficient (Wildman–Crippen LogP) is 14.0. The first-order valence-corrected chi connectivity index (χ1v) is 46.4. The fraction of sp³-hybridized carbons (Fsp3) is 0.718. The molecule has 0 radical (unpaired) electrons. The van der Waals surface area contributed by atoms with E-state index >= 15 is 0 Å². The van der Waals surface area contributed by atoms with Crippen molar-refractivity contribution in [2.75, 3.05) is 26.7 Å². The van der Waals surface area contributed by atoms with E-state index in [1.54, 1.807) is 27.8 Å². The highest BCUT2D eigenvalue weighted by Crippen LogP contribution is 2.48. The van der Waals surface area contributed by atoms with E-state index in [9.17, 15) is 24.3 Å². The van der Waals surface area contributed by atoms with E-state index in [-0.39, 0.29) is 66.8 Å². The van der Waals surface area contributed by atoms with Gasteiger partial charge in [0, 0.05) is 38.0 Å². The molecule has 8 rings (SSSR count). The second kappa shape index (κ2) is 35.2. The average molecular weight is 1510 g/mol. The minimum absolute atomic E-state index is 0.00427. The zero-order chi connectivity index (χ0) is 76.7. The van der Waals surface area contributed by atoms with Crippen LogP contribution in [0.15, 0.2) is 91.0 Å². The smallest absolute Gasteiger partial charge is 0.407 e. The first kappa shape index (κ1) is 84.7. The van der Waals surface area contributed by atoms with Gasteiger partial charge in [0.2, 0.25) is 5.91 Å². The summed E-state index contributed by atoms with van der Waals surface area (Å²) < 4.78 is 97.3. The molecule has 23 nitrogen and oxygen atoms in total. The number of rotatable bonds is 26. The number of nitrogens with zero attached hydrogens (tertiary/aromatic N) is 1. The number of alkyl carbamates (subject to hydrolysis) is 3. The van der Waals surface area contributed by atoms with Gasteiger partial charge < -0.3 is 91.3 Å². The van der Waals surface area contributed by atoms with Gasteiger partial charge in [-0.2, -0.15) is 0 Å². The summed E-state index contributed by atoms with van der Waals surface area (Å²) in [6, 6.07) is 26.5. The molecule has 4 aliphatic heterocycles. The summed E-state index contributed by atoms with van der Waals surface area (Å²) in [6.45, 7) is 46.4. The molecule has 0 spiro atoms. The van der Waals surface area contributed by atoms with Gasteiger partial charge in [0.05, 0.1) is 55.4 Å². The van der Waals surface area contributed by atoms with Gasteiger partial charge in [0.15, 0.2) is 50.1 Å². The Morgan fingerprint density at radius 3 is 1.54 bits per heavy atom. The summed E-state index contributed by atoms with van der Waals surface area (Å²) in [5.74, 6) is -1.93. The van der Waals surface area contributed by atoms with Crippen molar-refractivity contribution in [1.82, 2.24) is 20.9 Å². The van der Waals surface area contributed by atoms with Gasteiger partial charge in [-0.15, -0.1) is 0 Å². The van der Waals surface area contributed by atoms with E-state index in [4.69, 9.17) is 65.4 Å². The van der Waals surface area contributed by atoms with E-state index in [0.29, 0.717) is 12.8 Å². The third-order valence-corrected chi connectivity index (χ3v) is 35.9. The van der Waals surface area contributed by atoms with Crippen LogP contribution < -0.4 is 16.0 Å². The van der Waals surface area contributed by atoms with Crippen LogP contribution in [0.2, 0.25) is 54.4 Å². The molecule has 1 aliphatic carbocycles. The van der Waals surface area contributed by atoms with Gasteiger partial charge in [-0.25, -0.2) is 14.4 Å². The van der Waals surface area contributed by atoms with Gasteiger partial charge in [-0.05, 0) is 117 Å². The first-order valence-electron chi connectivity index (χ1n) is 37.6. The maximum Gasteiger partial charge on any atom is 0.407 e. The number of likely N-dealkylation sites (N-methyl/N-ethyl adjacent to an activating group) is 1. The number of carbonyl (C=O) groups excluding carboxylic acids is 4. The largest absolute Gasteiger partial charge is 0.445 e. The van der Waals surface area contributed by atoms with E-state index < -0.39 is 171 Å². The van der Waals surface area contributed by atoms with Crippen molar-refractivity contribution in [3.05, 3.63) is 108 Å². The molecule has 5 fully saturated rings. The van der Waals surface area contributed by atoms with Crippen LogP contribution in [-0.4, -0.2) is 190 Å². The molecule has 26 heteroatoms. The molecular weight excluding hydrogens is 1380 g/mol. The van der Waals surface area contributed by atoms with Gasteiger partial charge in [0.1, 0.15) is 49.3 Å². The Kier molecular flexibility index (Phi) is 28.7. The quantitative estimate of drug-likeness (QED) is 0.0430. The Hall–Kier alpha value is -4.89. The van der Waals surface area contributed by atoms with Crippen molar-refractivity contribution in [1.29, 1.82) is 0 Å². The molecule has 4 amide bonds. The lowest BCUT2D eigenvalue weighted by Gasteiger charge is -2.53.